The van der Waals surface area contributed by atoms with Gasteiger partial charge in [-0.15, -0.1) is 0 Å². The number of benzene rings is 4. The van der Waals surface area contributed by atoms with Crippen molar-refractivity contribution in [3.63, 3.8) is 0 Å². The van der Waals surface area contributed by atoms with E-state index >= 15 is 0 Å². The van der Waals surface area contributed by atoms with Crippen molar-refractivity contribution < 1.29 is 24.5 Å². The van der Waals surface area contributed by atoms with E-state index in [1.807, 2.05) is 91.0 Å². The summed E-state index contributed by atoms with van der Waals surface area (Å²) in [4.78, 5) is 26.4. The SMILES string of the molecule is O=C(CCc1ccccc1)N[C@@H](Cc1ccc(O)c(O)c1)C(=O)OC(c1ccccc1)c1ccccc1. The van der Waals surface area contributed by atoms with Gasteiger partial charge in [-0.1, -0.05) is 97.1 Å². The zero-order valence-electron chi connectivity index (χ0n) is 20.3. The second-order valence-corrected chi connectivity index (χ2v) is 8.77. The summed E-state index contributed by atoms with van der Waals surface area (Å²) in [7, 11) is 0. The average molecular weight is 496 g/mol. The van der Waals surface area contributed by atoms with Crippen molar-refractivity contribution in [3.05, 3.63) is 131 Å². The highest BCUT2D eigenvalue weighted by Gasteiger charge is 2.27. The Morgan fingerprint density at radius 2 is 1.27 bits per heavy atom. The highest BCUT2D eigenvalue weighted by Crippen LogP contribution is 2.28. The molecule has 0 spiro atoms. The standard InChI is InChI=1S/C31H29NO5/c33-27-18-16-23(21-28(27)34)20-26(32-29(35)19-17-22-10-4-1-5-11-22)31(36)37-30(24-12-6-2-7-13-24)25-14-8-3-9-15-25/h1-16,18,21,26,30,33-34H,17,19-20H2,(H,32,35)/t26-/m0/s1. The van der Waals surface area contributed by atoms with Crippen LogP contribution in [-0.4, -0.2) is 28.1 Å². The minimum Gasteiger partial charge on any atom is -0.504 e. The molecule has 0 saturated carbocycles. The second-order valence-electron chi connectivity index (χ2n) is 8.77. The van der Waals surface area contributed by atoms with Crippen molar-refractivity contribution in [2.24, 2.45) is 0 Å². The van der Waals surface area contributed by atoms with Crippen molar-refractivity contribution in [3.8, 4) is 11.5 Å². The Morgan fingerprint density at radius 1 is 0.703 bits per heavy atom. The van der Waals surface area contributed by atoms with Crippen LogP contribution in [0.4, 0.5) is 0 Å². The fourth-order valence-electron chi connectivity index (χ4n) is 4.08. The van der Waals surface area contributed by atoms with Crippen LogP contribution in [0.1, 0.15) is 34.8 Å². The molecule has 0 unspecified atom stereocenters. The van der Waals surface area contributed by atoms with Gasteiger partial charge in [0.05, 0.1) is 0 Å². The third-order valence-electron chi connectivity index (χ3n) is 6.02. The van der Waals surface area contributed by atoms with Crippen LogP contribution in [0.25, 0.3) is 0 Å². The van der Waals surface area contributed by atoms with Gasteiger partial charge in [0.15, 0.2) is 17.6 Å². The molecule has 6 heteroatoms. The van der Waals surface area contributed by atoms with Gasteiger partial charge in [-0.2, -0.15) is 0 Å². The highest BCUT2D eigenvalue weighted by molar-refractivity contribution is 5.85. The van der Waals surface area contributed by atoms with Gasteiger partial charge in [0.1, 0.15) is 6.04 Å². The lowest BCUT2D eigenvalue weighted by Gasteiger charge is -2.24. The first-order valence-electron chi connectivity index (χ1n) is 12.1. The molecule has 6 nitrogen and oxygen atoms in total. The molecule has 3 N–H and O–H groups in total. The second kappa shape index (κ2) is 12.4. The summed E-state index contributed by atoms with van der Waals surface area (Å²) in [6.45, 7) is 0. The summed E-state index contributed by atoms with van der Waals surface area (Å²) < 4.78 is 6.01. The topological polar surface area (TPSA) is 95.9 Å². The van der Waals surface area contributed by atoms with Crippen LogP contribution in [0.5, 0.6) is 11.5 Å². The molecule has 1 atom stereocenters. The van der Waals surface area contributed by atoms with Crippen LogP contribution < -0.4 is 5.32 Å². The minimum absolute atomic E-state index is 0.0834. The van der Waals surface area contributed by atoms with Crippen molar-refractivity contribution in [1.82, 2.24) is 5.32 Å². The Morgan fingerprint density at radius 3 is 1.84 bits per heavy atom. The summed E-state index contributed by atoms with van der Waals surface area (Å²) in [5.41, 5.74) is 3.20. The monoisotopic (exact) mass is 495 g/mol. The van der Waals surface area contributed by atoms with E-state index in [-0.39, 0.29) is 30.2 Å². The maximum Gasteiger partial charge on any atom is 0.329 e. The molecular weight excluding hydrogens is 466 g/mol. The summed E-state index contributed by atoms with van der Waals surface area (Å²) in [5.74, 6) is -1.45. The van der Waals surface area contributed by atoms with Gasteiger partial charge in [-0.05, 0) is 40.8 Å². The van der Waals surface area contributed by atoms with Gasteiger partial charge < -0.3 is 20.3 Å². The van der Waals surface area contributed by atoms with E-state index in [4.69, 9.17) is 4.74 Å². The first-order valence-corrected chi connectivity index (χ1v) is 12.1. The summed E-state index contributed by atoms with van der Waals surface area (Å²) in [6.07, 6.45) is 0.160. The largest absolute Gasteiger partial charge is 0.504 e. The molecule has 0 aromatic heterocycles. The van der Waals surface area contributed by atoms with Crippen LogP contribution in [0, 0.1) is 0 Å². The molecule has 188 valence electrons. The molecule has 0 aliphatic rings. The maximum absolute atomic E-state index is 13.5. The zero-order valence-corrected chi connectivity index (χ0v) is 20.3. The molecule has 4 rings (SSSR count). The molecule has 0 heterocycles. The maximum atomic E-state index is 13.5. The van der Waals surface area contributed by atoms with Crippen molar-refractivity contribution >= 4 is 11.9 Å². The fourth-order valence-corrected chi connectivity index (χ4v) is 4.08. The molecule has 37 heavy (non-hydrogen) atoms. The van der Waals surface area contributed by atoms with E-state index < -0.39 is 18.1 Å². The Labute approximate surface area is 216 Å². The van der Waals surface area contributed by atoms with Crippen LogP contribution in [0.3, 0.4) is 0 Å². The van der Waals surface area contributed by atoms with E-state index in [1.165, 1.54) is 12.1 Å². The number of aromatic hydroxyl groups is 2. The van der Waals surface area contributed by atoms with Crippen molar-refractivity contribution in [2.45, 2.75) is 31.4 Å². The first kappa shape index (κ1) is 25.5. The predicted octanol–water partition coefficient (Wildman–Crippen LogP) is 5.09. The third-order valence-corrected chi connectivity index (χ3v) is 6.02. The van der Waals surface area contributed by atoms with E-state index in [1.54, 1.807) is 6.07 Å². The van der Waals surface area contributed by atoms with Gasteiger partial charge in [-0.3, -0.25) is 4.79 Å². The van der Waals surface area contributed by atoms with Crippen molar-refractivity contribution in [2.75, 3.05) is 0 Å². The number of hydrogen-bond donors (Lipinski definition) is 3. The molecule has 0 bridgehead atoms. The predicted molar refractivity (Wildman–Crippen MR) is 141 cm³/mol. The lowest BCUT2D eigenvalue weighted by molar-refractivity contribution is -0.151. The number of rotatable bonds is 10. The van der Waals surface area contributed by atoms with Crippen LogP contribution in [0.15, 0.2) is 109 Å². The van der Waals surface area contributed by atoms with E-state index in [2.05, 4.69) is 5.32 Å². The number of esters is 1. The molecule has 0 fully saturated rings. The smallest absolute Gasteiger partial charge is 0.329 e. The number of amides is 1. The normalized spacial score (nSPS) is 11.6. The fraction of sp³-hybridized carbons (Fsp3) is 0.161. The highest BCUT2D eigenvalue weighted by atomic mass is 16.5. The number of ether oxygens (including phenoxy) is 1. The lowest BCUT2D eigenvalue weighted by atomic mass is 10.0. The Bertz CT molecular complexity index is 1270. The number of phenols is 2. The molecule has 0 saturated heterocycles. The minimum atomic E-state index is -0.998. The lowest BCUT2D eigenvalue weighted by Crippen LogP contribution is -2.44. The van der Waals surface area contributed by atoms with Crippen LogP contribution >= 0.6 is 0 Å². The molecule has 0 aliphatic carbocycles. The number of aryl methyl sites for hydroxylation is 1. The molecular formula is C31H29NO5. The number of nitrogens with one attached hydrogen (secondary N) is 1. The third kappa shape index (κ3) is 7.21. The van der Waals surface area contributed by atoms with Gasteiger partial charge in [0.25, 0.3) is 0 Å². The summed E-state index contributed by atoms with van der Waals surface area (Å²) >= 11 is 0. The Balaban J connectivity index is 1.55. The molecule has 4 aromatic rings. The Kier molecular flexibility index (Phi) is 8.55. The summed E-state index contributed by atoms with van der Waals surface area (Å²) in [5, 5.41) is 22.4. The molecule has 4 aromatic carbocycles. The average Bonchev–Trinajstić information content (AvgIpc) is 2.93. The number of carbonyl (C=O) groups excluding carboxylic acids is 2. The molecule has 0 aliphatic heterocycles. The van der Waals surface area contributed by atoms with E-state index in [0.717, 1.165) is 16.7 Å². The quantitative estimate of drug-likeness (QED) is 0.210. The number of carbonyl (C=O) groups is 2. The Hall–Kier alpha value is -4.58. The number of hydrogen-bond acceptors (Lipinski definition) is 5. The van der Waals surface area contributed by atoms with Crippen LogP contribution in [-0.2, 0) is 27.2 Å². The van der Waals surface area contributed by atoms with E-state index in [9.17, 15) is 19.8 Å². The van der Waals surface area contributed by atoms with E-state index in [0.29, 0.717) is 12.0 Å². The molecule has 1 amide bonds. The van der Waals surface area contributed by atoms with Gasteiger partial charge in [0.2, 0.25) is 5.91 Å². The first-order chi connectivity index (χ1) is 18.0. The number of phenolic OH excluding ortho intramolecular Hbond substituents is 2. The molecule has 0 radical (unpaired) electrons. The van der Waals surface area contributed by atoms with Crippen molar-refractivity contribution in [1.29, 1.82) is 0 Å². The summed E-state index contributed by atoms with van der Waals surface area (Å²) in [6, 6.07) is 31.8. The zero-order chi connectivity index (χ0) is 26.0. The van der Waals surface area contributed by atoms with Gasteiger partial charge >= 0.3 is 5.97 Å². The van der Waals surface area contributed by atoms with Gasteiger partial charge in [0, 0.05) is 12.8 Å². The van der Waals surface area contributed by atoms with Crippen LogP contribution in [0.2, 0.25) is 0 Å². The van der Waals surface area contributed by atoms with Gasteiger partial charge in [-0.25, -0.2) is 4.79 Å².